The van der Waals surface area contributed by atoms with Gasteiger partial charge in [0.1, 0.15) is 5.82 Å². The van der Waals surface area contributed by atoms with E-state index in [0.717, 1.165) is 36.2 Å². The van der Waals surface area contributed by atoms with Crippen molar-refractivity contribution in [2.75, 3.05) is 0 Å². The smallest absolute Gasteiger partial charge is 0.287 e. The second-order valence-corrected chi connectivity index (χ2v) is 6.87. The molecule has 0 aliphatic rings. The molecular formula is C23H23N3O2. The third-order valence-electron chi connectivity index (χ3n) is 4.85. The number of hydrogen-bond donors (Lipinski definition) is 1. The zero-order chi connectivity index (χ0) is 19.3. The summed E-state index contributed by atoms with van der Waals surface area (Å²) in [5.74, 6) is 0.924. The van der Waals surface area contributed by atoms with Gasteiger partial charge in [-0.05, 0) is 49.6 Å². The number of nitrogens with zero attached hydrogens (tertiary/aromatic N) is 2. The van der Waals surface area contributed by atoms with Crippen LogP contribution in [0, 0.1) is 0 Å². The molecule has 0 saturated carbocycles. The SMILES string of the molecule is CC(NC(=O)c1ccco1)c1nc2ccccc2n1CCCc1ccccc1. The average molecular weight is 373 g/mol. The maximum absolute atomic E-state index is 12.4. The summed E-state index contributed by atoms with van der Waals surface area (Å²) >= 11 is 0. The largest absolute Gasteiger partial charge is 0.459 e. The molecule has 0 bridgehead atoms. The average Bonchev–Trinajstić information content (AvgIpc) is 3.37. The van der Waals surface area contributed by atoms with E-state index in [1.807, 2.05) is 31.2 Å². The normalized spacial score (nSPS) is 12.2. The molecule has 1 unspecified atom stereocenters. The van der Waals surface area contributed by atoms with Gasteiger partial charge in [-0.1, -0.05) is 42.5 Å². The fraction of sp³-hybridized carbons (Fsp3) is 0.217. The van der Waals surface area contributed by atoms with E-state index in [9.17, 15) is 4.79 Å². The van der Waals surface area contributed by atoms with Gasteiger partial charge in [0.15, 0.2) is 5.76 Å². The van der Waals surface area contributed by atoms with Gasteiger partial charge in [0, 0.05) is 6.54 Å². The minimum Gasteiger partial charge on any atom is -0.459 e. The zero-order valence-electron chi connectivity index (χ0n) is 15.8. The van der Waals surface area contributed by atoms with Crippen molar-refractivity contribution in [3.05, 3.63) is 90.1 Å². The van der Waals surface area contributed by atoms with Crippen LogP contribution >= 0.6 is 0 Å². The van der Waals surface area contributed by atoms with Gasteiger partial charge in [-0.15, -0.1) is 0 Å². The van der Waals surface area contributed by atoms with Crippen LogP contribution < -0.4 is 5.32 Å². The Morgan fingerprint density at radius 1 is 1.07 bits per heavy atom. The molecule has 4 rings (SSSR count). The second-order valence-electron chi connectivity index (χ2n) is 6.87. The van der Waals surface area contributed by atoms with Crippen LogP contribution in [-0.2, 0) is 13.0 Å². The van der Waals surface area contributed by atoms with E-state index in [2.05, 4.69) is 40.2 Å². The van der Waals surface area contributed by atoms with Gasteiger partial charge in [-0.25, -0.2) is 4.98 Å². The summed E-state index contributed by atoms with van der Waals surface area (Å²) < 4.78 is 7.41. The number of nitrogens with one attached hydrogen (secondary N) is 1. The first-order valence-corrected chi connectivity index (χ1v) is 9.56. The van der Waals surface area contributed by atoms with E-state index in [4.69, 9.17) is 9.40 Å². The fourth-order valence-corrected chi connectivity index (χ4v) is 3.49. The number of amides is 1. The predicted octanol–water partition coefficient (Wildman–Crippen LogP) is 4.75. The molecule has 1 N–H and O–H groups in total. The Hall–Kier alpha value is -3.34. The number of imidazole rings is 1. The van der Waals surface area contributed by atoms with Gasteiger partial charge in [0.25, 0.3) is 5.91 Å². The van der Waals surface area contributed by atoms with E-state index >= 15 is 0 Å². The van der Waals surface area contributed by atoms with Crippen molar-refractivity contribution in [3.63, 3.8) is 0 Å². The Morgan fingerprint density at radius 3 is 2.64 bits per heavy atom. The first kappa shape index (κ1) is 18.0. The number of hydrogen-bond acceptors (Lipinski definition) is 3. The summed E-state index contributed by atoms with van der Waals surface area (Å²) in [6, 6.07) is 21.7. The van der Waals surface area contributed by atoms with Crippen molar-refractivity contribution < 1.29 is 9.21 Å². The first-order valence-electron chi connectivity index (χ1n) is 9.56. The summed E-state index contributed by atoms with van der Waals surface area (Å²) in [6.45, 7) is 2.79. The Labute approximate surface area is 164 Å². The number of aryl methyl sites for hydroxylation is 2. The number of benzene rings is 2. The highest BCUT2D eigenvalue weighted by Gasteiger charge is 2.19. The molecule has 0 aliphatic carbocycles. The molecule has 142 valence electrons. The lowest BCUT2D eigenvalue weighted by Crippen LogP contribution is -2.28. The maximum Gasteiger partial charge on any atom is 0.287 e. The number of aromatic nitrogens is 2. The van der Waals surface area contributed by atoms with Crippen molar-refractivity contribution in [2.45, 2.75) is 32.4 Å². The molecule has 1 amide bonds. The van der Waals surface area contributed by atoms with E-state index in [0.29, 0.717) is 5.76 Å². The lowest BCUT2D eigenvalue weighted by Gasteiger charge is -2.16. The van der Waals surface area contributed by atoms with Crippen LogP contribution in [0.4, 0.5) is 0 Å². The second kappa shape index (κ2) is 8.13. The summed E-state index contributed by atoms with van der Waals surface area (Å²) in [7, 11) is 0. The highest BCUT2D eigenvalue weighted by molar-refractivity contribution is 5.91. The van der Waals surface area contributed by atoms with E-state index < -0.39 is 0 Å². The molecule has 4 aromatic rings. The third kappa shape index (κ3) is 3.83. The molecular weight excluding hydrogens is 350 g/mol. The van der Waals surface area contributed by atoms with E-state index in [-0.39, 0.29) is 11.9 Å². The minimum absolute atomic E-state index is 0.235. The Bertz CT molecular complexity index is 1050. The molecule has 0 spiro atoms. The predicted molar refractivity (Wildman–Crippen MR) is 109 cm³/mol. The standard InChI is InChI=1S/C23H23N3O2/c1-17(24-23(27)21-14-8-16-28-21)22-25-19-12-5-6-13-20(19)26(22)15-7-11-18-9-3-2-4-10-18/h2-6,8-10,12-14,16-17H,7,11,15H2,1H3,(H,24,27). The number of para-hydroxylation sites is 2. The summed E-state index contributed by atoms with van der Waals surface area (Å²) in [5, 5.41) is 2.99. The van der Waals surface area contributed by atoms with Crippen LogP contribution in [0.1, 0.15) is 41.3 Å². The van der Waals surface area contributed by atoms with Crippen LogP contribution in [-0.4, -0.2) is 15.5 Å². The molecule has 0 fully saturated rings. The highest BCUT2D eigenvalue weighted by Crippen LogP contribution is 2.22. The van der Waals surface area contributed by atoms with E-state index in [1.54, 1.807) is 12.1 Å². The summed E-state index contributed by atoms with van der Waals surface area (Å²) in [6.07, 6.45) is 3.49. The number of carbonyl (C=O) groups excluding carboxylic acids is 1. The van der Waals surface area contributed by atoms with Crippen molar-refractivity contribution in [3.8, 4) is 0 Å². The molecule has 5 nitrogen and oxygen atoms in total. The maximum atomic E-state index is 12.4. The number of rotatable bonds is 7. The van der Waals surface area contributed by atoms with Gasteiger partial charge in [-0.3, -0.25) is 4.79 Å². The Morgan fingerprint density at radius 2 is 1.86 bits per heavy atom. The number of fused-ring (bicyclic) bond motifs is 1. The molecule has 1 atom stereocenters. The van der Waals surface area contributed by atoms with Gasteiger partial charge in [0.05, 0.1) is 23.3 Å². The van der Waals surface area contributed by atoms with Crippen LogP contribution in [0.5, 0.6) is 0 Å². The molecule has 2 heterocycles. The van der Waals surface area contributed by atoms with E-state index in [1.165, 1.54) is 11.8 Å². The molecule has 5 heteroatoms. The molecule has 2 aromatic heterocycles. The Balaban J connectivity index is 1.55. The first-order chi connectivity index (χ1) is 13.7. The van der Waals surface area contributed by atoms with Gasteiger partial charge in [-0.2, -0.15) is 0 Å². The quantitative estimate of drug-likeness (QED) is 0.508. The van der Waals surface area contributed by atoms with Crippen LogP contribution in [0.2, 0.25) is 0 Å². The van der Waals surface area contributed by atoms with Crippen molar-refractivity contribution in [2.24, 2.45) is 0 Å². The van der Waals surface area contributed by atoms with Crippen molar-refractivity contribution >= 4 is 16.9 Å². The summed E-state index contributed by atoms with van der Waals surface area (Å²) in [5.41, 5.74) is 3.36. The molecule has 28 heavy (non-hydrogen) atoms. The van der Waals surface area contributed by atoms with Crippen LogP contribution in [0.15, 0.2) is 77.4 Å². The third-order valence-corrected chi connectivity index (χ3v) is 4.85. The van der Waals surface area contributed by atoms with Gasteiger partial charge in [0.2, 0.25) is 0 Å². The van der Waals surface area contributed by atoms with Crippen LogP contribution in [0.25, 0.3) is 11.0 Å². The molecule has 0 aliphatic heterocycles. The molecule has 0 radical (unpaired) electrons. The fourth-order valence-electron chi connectivity index (χ4n) is 3.49. The molecule has 0 saturated heterocycles. The van der Waals surface area contributed by atoms with Gasteiger partial charge >= 0.3 is 0 Å². The number of furan rings is 1. The van der Waals surface area contributed by atoms with Crippen LogP contribution in [0.3, 0.4) is 0 Å². The van der Waals surface area contributed by atoms with Crippen molar-refractivity contribution in [1.29, 1.82) is 0 Å². The van der Waals surface area contributed by atoms with Gasteiger partial charge < -0.3 is 14.3 Å². The summed E-state index contributed by atoms with van der Waals surface area (Å²) in [4.78, 5) is 17.2. The zero-order valence-corrected chi connectivity index (χ0v) is 15.8. The molecule has 2 aromatic carbocycles. The topological polar surface area (TPSA) is 60.1 Å². The minimum atomic E-state index is -0.236. The lowest BCUT2D eigenvalue weighted by atomic mass is 10.1. The Kier molecular flexibility index (Phi) is 5.24. The monoisotopic (exact) mass is 373 g/mol. The lowest BCUT2D eigenvalue weighted by molar-refractivity contribution is 0.0909. The highest BCUT2D eigenvalue weighted by atomic mass is 16.3. The number of carbonyl (C=O) groups is 1. The van der Waals surface area contributed by atoms with Crippen molar-refractivity contribution in [1.82, 2.24) is 14.9 Å².